The van der Waals surface area contributed by atoms with Gasteiger partial charge in [0.05, 0.1) is 20.7 Å². The highest BCUT2D eigenvalue weighted by Crippen LogP contribution is 2.60. The van der Waals surface area contributed by atoms with E-state index in [9.17, 15) is 9.59 Å². The fourth-order valence-electron chi connectivity index (χ4n) is 3.80. The van der Waals surface area contributed by atoms with Crippen molar-refractivity contribution in [2.45, 2.75) is 16.2 Å². The Hall–Kier alpha value is -1.06. The highest BCUT2D eigenvalue weighted by Gasteiger charge is 2.50. The molecule has 2 aliphatic heterocycles. The maximum atomic E-state index is 13.1. The van der Waals surface area contributed by atoms with Gasteiger partial charge in [0.25, 0.3) is 0 Å². The largest absolute Gasteiger partial charge is 0.425 e. The van der Waals surface area contributed by atoms with Crippen LogP contribution in [0.3, 0.4) is 0 Å². The number of esters is 1. The topological polar surface area (TPSA) is 59.2 Å². The molecule has 0 saturated heterocycles. The first kappa shape index (κ1) is 18.9. The number of halogens is 3. The van der Waals surface area contributed by atoms with E-state index in [1.165, 1.54) is 11.8 Å². The van der Waals surface area contributed by atoms with Crippen molar-refractivity contribution in [1.82, 2.24) is 4.98 Å². The van der Waals surface area contributed by atoms with Gasteiger partial charge in [-0.1, -0.05) is 68.8 Å². The highest BCUT2D eigenvalue weighted by atomic mass is 79.9. The van der Waals surface area contributed by atoms with E-state index in [-0.39, 0.29) is 22.0 Å². The third-order valence-electron chi connectivity index (χ3n) is 4.91. The first-order chi connectivity index (χ1) is 13.4. The van der Waals surface area contributed by atoms with E-state index in [0.717, 1.165) is 36.8 Å². The van der Waals surface area contributed by atoms with Gasteiger partial charge in [0.2, 0.25) is 0 Å². The van der Waals surface area contributed by atoms with Crippen LogP contribution in [0.25, 0.3) is 0 Å². The number of nitrogens with one attached hydrogen (secondary N) is 1. The summed E-state index contributed by atoms with van der Waals surface area (Å²) < 4.78 is 7.32. The first-order valence-corrected chi connectivity index (χ1v) is 11.9. The van der Waals surface area contributed by atoms with Crippen molar-refractivity contribution >= 4 is 72.5 Å². The lowest BCUT2D eigenvalue weighted by Crippen LogP contribution is -2.37. The van der Waals surface area contributed by atoms with Gasteiger partial charge in [0.1, 0.15) is 5.75 Å². The summed E-state index contributed by atoms with van der Waals surface area (Å²) in [4.78, 5) is 29.0. The Morgan fingerprint density at radius 1 is 1.11 bits per heavy atom. The van der Waals surface area contributed by atoms with Crippen LogP contribution in [0, 0.1) is 5.92 Å². The molecule has 0 amide bonds. The van der Waals surface area contributed by atoms with Crippen LogP contribution in [0.15, 0.2) is 55.2 Å². The van der Waals surface area contributed by atoms with Gasteiger partial charge in [-0.25, -0.2) is 0 Å². The molecule has 142 valence electrons. The van der Waals surface area contributed by atoms with Crippen LogP contribution in [0.2, 0.25) is 5.02 Å². The number of carbonyl (C=O) groups excluding carboxylic acids is 1. The van der Waals surface area contributed by atoms with Crippen molar-refractivity contribution in [3.8, 4) is 5.75 Å². The molecule has 9 heteroatoms. The number of hydrogen-bond donors (Lipinski definition) is 1. The second-order valence-corrected chi connectivity index (χ2v) is 10.8. The smallest absolute Gasteiger partial charge is 0.316 e. The molecule has 3 aromatic rings. The third kappa shape index (κ3) is 2.92. The second kappa shape index (κ2) is 7.02. The molecule has 3 unspecified atom stereocenters. The van der Waals surface area contributed by atoms with Crippen LogP contribution in [0.4, 0.5) is 0 Å². The van der Waals surface area contributed by atoms with Gasteiger partial charge in [0.15, 0.2) is 0 Å². The number of H-pyrrole nitrogens is 1. The van der Waals surface area contributed by atoms with Crippen molar-refractivity contribution in [3.05, 3.63) is 76.0 Å². The minimum atomic E-state index is -0.488. The van der Waals surface area contributed by atoms with E-state index < -0.39 is 5.92 Å². The molecule has 1 aromatic heterocycles. The lowest BCUT2D eigenvalue weighted by molar-refractivity contribution is -0.141. The molecule has 2 aliphatic rings. The average molecular weight is 560 g/mol. The number of thioether (sulfide) groups is 1. The molecule has 0 spiro atoms. The number of hydrogen-bond acceptors (Lipinski definition) is 5. The van der Waals surface area contributed by atoms with E-state index in [1.54, 1.807) is 0 Å². The van der Waals surface area contributed by atoms with Gasteiger partial charge >= 0.3 is 10.8 Å². The Bertz CT molecular complexity index is 1190. The Balaban J connectivity index is 1.78. The zero-order valence-corrected chi connectivity index (χ0v) is 19.4. The van der Waals surface area contributed by atoms with Crippen LogP contribution >= 0.6 is 66.6 Å². The van der Waals surface area contributed by atoms with Crippen LogP contribution in [-0.2, 0) is 4.79 Å². The summed E-state index contributed by atoms with van der Waals surface area (Å²) in [5.41, 5.74) is 1.73. The van der Waals surface area contributed by atoms with Gasteiger partial charge in [-0.3, -0.25) is 9.59 Å². The van der Waals surface area contributed by atoms with E-state index in [2.05, 4.69) is 36.8 Å². The maximum absolute atomic E-state index is 13.1. The Labute approximate surface area is 189 Å². The van der Waals surface area contributed by atoms with Crippen molar-refractivity contribution < 1.29 is 9.53 Å². The van der Waals surface area contributed by atoms with Crippen LogP contribution in [0.1, 0.15) is 27.2 Å². The Morgan fingerprint density at radius 2 is 1.89 bits per heavy atom. The number of rotatable bonds is 1. The molecule has 2 aromatic carbocycles. The summed E-state index contributed by atoms with van der Waals surface area (Å²) in [6.07, 6.45) is 0. The molecule has 0 fully saturated rings. The normalized spacial score (nSPS) is 22.8. The summed E-state index contributed by atoms with van der Waals surface area (Å²) >= 11 is 16.1. The lowest BCUT2D eigenvalue weighted by atomic mass is 9.78. The predicted molar refractivity (Wildman–Crippen MR) is 118 cm³/mol. The molecule has 3 atom stereocenters. The molecule has 0 radical (unpaired) electrons. The molecular formula is C19H10Br2ClNO3S2. The van der Waals surface area contributed by atoms with Gasteiger partial charge in [-0.15, -0.1) is 0 Å². The first-order valence-electron chi connectivity index (χ1n) is 8.28. The Kier molecular flexibility index (Phi) is 4.75. The molecule has 0 saturated carbocycles. The van der Waals surface area contributed by atoms with Crippen LogP contribution < -0.4 is 9.61 Å². The van der Waals surface area contributed by atoms with Crippen LogP contribution in [0.5, 0.6) is 5.75 Å². The molecule has 0 bridgehead atoms. The van der Waals surface area contributed by atoms with Gasteiger partial charge in [0, 0.05) is 25.9 Å². The zero-order valence-electron chi connectivity index (χ0n) is 13.9. The lowest BCUT2D eigenvalue weighted by Gasteiger charge is -2.40. The summed E-state index contributed by atoms with van der Waals surface area (Å²) in [7, 11) is 0. The van der Waals surface area contributed by atoms with E-state index in [4.69, 9.17) is 16.3 Å². The molecule has 3 heterocycles. The van der Waals surface area contributed by atoms with E-state index >= 15 is 0 Å². The maximum Gasteiger partial charge on any atom is 0.316 e. The molecule has 0 aliphatic carbocycles. The van der Waals surface area contributed by atoms with Gasteiger partial charge < -0.3 is 9.72 Å². The van der Waals surface area contributed by atoms with E-state index in [1.807, 2.05) is 36.4 Å². The van der Waals surface area contributed by atoms with E-state index in [0.29, 0.717) is 15.2 Å². The molecule has 5 rings (SSSR count). The summed E-state index contributed by atoms with van der Waals surface area (Å²) in [6, 6.07) is 11.3. The Morgan fingerprint density at radius 3 is 2.68 bits per heavy atom. The monoisotopic (exact) mass is 557 g/mol. The summed E-state index contributed by atoms with van der Waals surface area (Å²) in [6.45, 7) is 0. The van der Waals surface area contributed by atoms with Crippen molar-refractivity contribution in [2.75, 3.05) is 0 Å². The minimum Gasteiger partial charge on any atom is -0.425 e. The number of benzene rings is 2. The molecule has 4 nitrogen and oxygen atoms in total. The third-order valence-corrected chi connectivity index (χ3v) is 8.76. The minimum absolute atomic E-state index is 0.134. The second-order valence-electron chi connectivity index (χ2n) is 6.50. The zero-order chi connectivity index (χ0) is 19.6. The van der Waals surface area contributed by atoms with Gasteiger partial charge in [-0.2, -0.15) is 0 Å². The SMILES string of the molecule is O=C1Oc2c(Br)cc(Br)cc2C2c3sc(=O)[nH]c3SC(c3ccccc3Cl)C12. The molecular weight excluding hydrogens is 550 g/mol. The number of fused-ring (bicyclic) bond motifs is 5. The summed E-state index contributed by atoms with van der Waals surface area (Å²) in [5, 5.41) is 1.11. The molecule has 1 N–H and O–H groups in total. The number of carbonyl (C=O) groups is 1. The number of ether oxygens (including phenoxy) is 1. The van der Waals surface area contributed by atoms with Crippen molar-refractivity contribution in [1.29, 1.82) is 0 Å². The number of aromatic amines is 1. The van der Waals surface area contributed by atoms with Crippen molar-refractivity contribution in [3.63, 3.8) is 0 Å². The van der Waals surface area contributed by atoms with Crippen LogP contribution in [-0.4, -0.2) is 11.0 Å². The number of thiazole rings is 1. The average Bonchev–Trinajstić information content (AvgIpc) is 3.02. The quantitative estimate of drug-likeness (QED) is 0.288. The number of aromatic nitrogens is 1. The fourth-order valence-corrected chi connectivity index (χ4v) is 8.09. The van der Waals surface area contributed by atoms with Crippen molar-refractivity contribution in [2.24, 2.45) is 5.92 Å². The predicted octanol–water partition coefficient (Wildman–Crippen LogP) is 6.13. The van der Waals surface area contributed by atoms with Gasteiger partial charge in [-0.05, 0) is 39.7 Å². The standard InChI is InChI=1S/C19H10Br2ClNO3S2/c20-7-5-9-12-13(18(24)26-14(9)10(21)6-7)15(8-3-1-2-4-11(8)22)27-17-16(12)28-19(25)23-17/h1-6,12-13,15H,(H,23,25). The molecule has 28 heavy (non-hydrogen) atoms. The fraction of sp³-hybridized carbons (Fsp3) is 0.158. The summed E-state index contributed by atoms with van der Waals surface area (Å²) in [5.74, 6) is -0.584. The highest BCUT2D eigenvalue weighted by molar-refractivity contribution is 9.11.